The molecule has 2 fully saturated rings. The Bertz CT molecular complexity index is 1580. The van der Waals surface area contributed by atoms with Crippen LogP contribution in [0.15, 0.2) is 73.3 Å². The topological polar surface area (TPSA) is 60.8 Å². The van der Waals surface area contributed by atoms with Crippen molar-refractivity contribution in [3.8, 4) is 22.5 Å². The average Bonchev–Trinajstić information content (AvgIpc) is 3.29. The maximum atomic E-state index is 7.73. The Labute approximate surface area is 359 Å². The average molecular weight is 799 g/mol. The maximum absolute atomic E-state index is 7.73. The number of benzene rings is 2. The van der Waals surface area contributed by atoms with E-state index in [0.29, 0.717) is 11.8 Å². The van der Waals surface area contributed by atoms with Crippen LogP contribution < -0.4 is 0 Å². The quantitative estimate of drug-likeness (QED) is 0.0661. The van der Waals surface area contributed by atoms with Gasteiger partial charge in [-0.15, -0.1) is 0 Å². The lowest BCUT2D eigenvalue weighted by Crippen LogP contribution is -2.28. The summed E-state index contributed by atoms with van der Waals surface area (Å²) in [5.41, 5.74) is 8.98. The van der Waals surface area contributed by atoms with Crippen LogP contribution >= 0.6 is 0 Å². The Kier molecular flexibility index (Phi) is 18.9. The number of ether oxygens (including phenoxy) is 1. The van der Waals surface area contributed by atoms with Gasteiger partial charge in [-0.2, -0.15) is 0 Å². The molecule has 0 aliphatic heterocycles. The summed E-state index contributed by atoms with van der Waals surface area (Å²) in [5, 5.41) is 0. The van der Waals surface area contributed by atoms with E-state index in [2.05, 4.69) is 76.2 Å². The molecule has 2 aromatic carbocycles. The van der Waals surface area contributed by atoms with Crippen molar-refractivity contribution in [2.75, 3.05) is 0 Å². The highest BCUT2D eigenvalue weighted by Gasteiger charge is 2.36. The SMILES string of the molecule is CCCCCc1cnc(-c2ccc(C(OC(c3ccc(-c4cnc(CCCCC)cn4)cc3)C3CCC(CCCCC)CC3)C3CCC(CCCCC)CC3)cc2)cn1. The van der Waals surface area contributed by atoms with Crippen molar-refractivity contribution >= 4 is 0 Å². The zero-order valence-corrected chi connectivity index (χ0v) is 37.6. The number of hydrogen-bond donors (Lipinski definition) is 0. The van der Waals surface area contributed by atoms with Crippen molar-refractivity contribution < 1.29 is 4.74 Å². The normalized spacial score (nSPS) is 20.7. The first-order valence-electron chi connectivity index (χ1n) is 24.6. The van der Waals surface area contributed by atoms with E-state index < -0.39 is 0 Å². The van der Waals surface area contributed by atoms with Crippen molar-refractivity contribution in [2.24, 2.45) is 23.7 Å². The monoisotopic (exact) mass is 799 g/mol. The number of unbranched alkanes of at least 4 members (excludes halogenated alkanes) is 8. The maximum Gasteiger partial charge on any atom is 0.0885 e. The fourth-order valence-electron chi connectivity index (χ4n) is 10.1. The van der Waals surface area contributed by atoms with Gasteiger partial charge in [-0.25, -0.2) is 0 Å². The number of aromatic nitrogens is 4. The molecule has 2 unspecified atom stereocenters. The third-order valence-electron chi connectivity index (χ3n) is 13.9. The molecule has 0 amide bonds. The Morgan fingerprint density at radius 1 is 0.441 bits per heavy atom. The molecule has 320 valence electrons. The van der Waals surface area contributed by atoms with Crippen molar-refractivity contribution in [2.45, 2.75) is 194 Å². The molecule has 2 aliphatic carbocycles. The third-order valence-corrected chi connectivity index (χ3v) is 13.9. The molecule has 2 atom stereocenters. The largest absolute Gasteiger partial charge is 0.365 e. The second kappa shape index (κ2) is 24.7. The Hall–Kier alpha value is -3.44. The Morgan fingerprint density at radius 3 is 1.15 bits per heavy atom. The molecule has 0 N–H and O–H groups in total. The number of nitrogens with zero attached hydrogens (tertiary/aromatic N) is 4. The van der Waals surface area contributed by atoms with Crippen LogP contribution in [0.4, 0.5) is 0 Å². The van der Waals surface area contributed by atoms with Gasteiger partial charge in [0.25, 0.3) is 0 Å². The van der Waals surface area contributed by atoms with E-state index in [1.54, 1.807) is 0 Å². The lowest BCUT2D eigenvalue weighted by atomic mass is 9.74. The van der Waals surface area contributed by atoms with Crippen LogP contribution in [0.5, 0.6) is 0 Å². The third kappa shape index (κ3) is 13.8. The number of aryl methyl sites for hydroxylation is 2. The van der Waals surface area contributed by atoms with Gasteiger partial charge in [0.1, 0.15) is 0 Å². The fraction of sp³-hybridized carbons (Fsp3) is 0.630. The van der Waals surface area contributed by atoms with Crippen molar-refractivity contribution in [1.82, 2.24) is 19.9 Å². The zero-order valence-electron chi connectivity index (χ0n) is 37.6. The van der Waals surface area contributed by atoms with Crippen LogP contribution in [0, 0.1) is 23.7 Å². The van der Waals surface area contributed by atoms with Gasteiger partial charge in [0, 0.05) is 23.5 Å². The minimum Gasteiger partial charge on any atom is -0.365 e. The molecule has 0 spiro atoms. The zero-order chi connectivity index (χ0) is 41.1. The smallest absolute Gasteiger partial charge is 0.0885 e. The van der Waals surface area contributed by atoms with Gasteiger partial charge in [-0.3, -0.25) is 19.9 Å². The Morgan fingerprint density at radius 2 is 0.814 bits per heavy atom. The molecule has 2 saturated carbocycles. The highest BCUT2D eigenvalue weighted by molar-refractivity contribution is 5.59. The van der Waals surface area contributed by atoms with E-state index in [4.69, 9.17) is 24.7 Å². The summed E-state index contributed by atoms with van der Waals surface area (Å²) in [6.45, 7) is 9.14. The van der Waals surface area contributed by atoms with Gasteiger partial charge in [0.15, 0.2) is 0 Å². The van der Waals surface area contributed by atoms with E-state index in [0.717, 1.165) is 58.6 Å². The van der Waals surface area contributed by atoms with Crippen LogP contribution in [0.3, 0.4) is 0 Å². The second-order valence-corrected chi connectivity index (χ2v) is 18.5. The molecule has 0 saturated heterocycles. The molecule has 2 aromatic heterocycles. The summed E-state index contributed by atoms with van der Waals surface area (Å²) < 4.78 is 7.73. The first-order valence-corrected chi connectivity index (χ1v) is 24.6. The minimum absolute atomic E-state index is 0.0609. The fourth-order valence-corrected chi connectivity index (χ4v) is 10.1. The van der Waals surface area contributed by atoms with Crippen molar-refractivity contribution in [1.29, 1.82) is 0 Å². The van der Waals surface area contributed by atoms with Gasteiger partial charge in [-0.1, -0.05) is 179 Å². The van der Waals surface area contributed by atoms with Crippen molar-refractivity contribution in [3.05, 3.63) is 95.8 Å². The van der Waals surface area contributed by atoms with Crippen LogP contribution in [0.2, 0.25) is 0 Å². The summed E-state index contributed by atoms with van der Waals surface area (Å²) in [6, 6.07) is 18.5. The minimum atomic E-state index is 0.0609. The predicted molar refractivity (Wildman–Crippen MR) is 247 cm³/mol. The summed E-state index contributed by atoms with van der Waals surface area (Å²) >= 11 is 0. The molecule has 5 nitrogen and oxygen atoms in total. The van der Waals surface area contributed by atoms with Crippen LogP contribution in [0.1, 0.15) is 204 Å². The lowest BCUT2D eigenvalue weighted by Gasteiger charge is -2.40. The Balaban J connectivity index is 1.24. The van der Waals surface area contributed by atoms with E-state index in [1.165, 1.54) is 152 Å². The molecule has 5 heteroatoms. The molecule has 0 bridgehead atoms. The lowest BCUT2D eigenvalue weighted by molar-refractivity contribution is -0.0907. The molecule has 0 radical (unpaired) electrons. The van der Waals surface area contributed by atoms with Crippen LogP contribution in [-0.2, 0) is 17.6 Å². The molecular weight excluding hydrogens is 721 g/mol. The van der Waals surface area contributed by atoms with Gasteiger partial charge in [0.2, 0.25) is 0 Å². The van der Waals surface area contributed by atoms with Gasteiger partial charge >= 0.3 is 0 Å². The van der Waals surface area contributed by atoms with Gasteiger partial charge in [-0.05, 0) is 86.2 Å². The standard InChI is InChI=1S/C54H78N4O/c1-5-9-13-17-41-21-25-45(26-22-41)53(47-33-29-43(30-34-47)51-39-55-49(37-57-51)19-15-11-7-3)59-54(46-27-23-42(24-28-46)18-14-10-6-2)48-35-31-44(32-36-48)52-40-56-50(38-58-52)20-16-12-8-4/h29-42,45-46,53-54H,5-28H2,1-4H3. The van der Waals surface area contributed by atoms with E-state index in [-0.39, 0.29) is 12.2 Å². The van der Waals surface area contributed by atoms with Crippen LogP contribution in [0.25, 0.3) is 22.5 Å². The summed E-state index contributed by atoms with van der Waals surface area (Å²) in [4.78, 5) is 19.3. The molecule has 2 aliphatic rings. The van der Waals surface area contributed by atoms with E-state index in [9.17, 15) is 0 Å². The van der Waals surface area contributed by atoms with Gasteiger partial charge < -0.3 is 4.74 Å². The molecule has 4 aromatic rings. The molecular formula is C54H78N4O. The van der Waals surface area contributed by atoms with Gasteiger partial charge in [0.05, 0.1) is 47.4 Å². The first kappa shape index (κ1) is 45.1. The van der Waals surface area contributed by atoms with Crippen molar-refractivity contribution in [3.63, 3.8) is 0 Å². The summed E-state index contributed by atoms with van der Waals surface area (Å²) in [7, 11) is 0. The molecule has 59 heavy (non-hydrogen) atoms. The molecule has 6 rings (SSSR count). The van der Waals surface area contributed by atoms with E-state index in [1.807, 2.05) is 24.8 Å². The summed E-state index contributed by atoms with van der Waals surface area (Å²) in [5.74, 6) is 2.76. The van der Waals surface area contributed by atoms with Crippen LogP contribution in [-0.4, -0.2) is 19.9 Å². The predicted octanol–water partition coefficient (Wildman–Crippen LogP) is 15.6. The first-order chi connectivity index (χ1) is 29.1. The highest BCUT2D eigenvalue weighted by Crippen LogP contribution is 2.47. The number of rotatable bonds is 24. The summed E-state index contributed by atoms with van der Waals surface area (Å²) in [6.07, 6.45) is 38.5. The number of hydrogen-bond acceptors (Lipinski definition) is 5. The highest BCUT2D eigenvalue weighted by atomic mass is 16.5. The molecule has 2 heterocycles. The second-order valence-electron chi connectivity index (χ2n) is 18.5. The van der Waals surface area contributed by atoms with E-state index >= 15 is 0 Å².